The van der Waals surface area contributed by atoms with Crippen LogP contribution in [0, 0.1) is 0 Å². The molecular formula is C25H20BrNO6. The fraction of sp³-hybridized carbons (Fsp3) is 0.0800. The highest BCUT2D eigenvalue weighted by Crippen LogP contribution is 2.36. The van der Waals surface area contributed by atoms with E-state index < -0.39 is 11.9 Å². The lowest BCUT2D eigenvalue weighted by atomic mass is 10.2. The monoisotopic (exact) mass is 509 g/mol. The lowest BCUT2D eigenvalue weighted by Gasteiger charge is -2.11. The van der Waals surface area contributed by atoms with Gasteiger partial charge in [-0.25, -0.2) is 9.59 Å². The maximum absolute atomic E-state index is 12.3. The quantitative estimate of drug-likeness (QED) is 0.185. The highest BCUT2D eigenvalue weighted by molar-refractivity contribution is 9.10. The van der Waals surface area contributed by atoms with Crippen LogP contribution >= 0.6 is 15.9 Å². The molecular weight excluding hydrogens is 490 g/mol. The van der Waals surface area contributed by atoms with Gasteiger partial charge in [0.15, 0.2) is 11.5 Å². The first-order valence-electron chi connectivity index (χ1n) is 9.68. The Balaban J connectivity index is 1.74. The van der Waals surface area contributed by atoms with Crippen molar-refractivity contribution in [1.29, 1.82) is 0 Å². The number of carboxylic acids is 1. The molecule has 168 valence electrons. The molecule has 0 aliphatic heterocycles. The zero-order valence-corrected chi connectivity index (χ0v) is 19.4. The van der Waals surface area contributed by atoms with Crippen LogP contribution in [0.1, 0.15) is 21.5 Å². The summed E-state index contributed by atoms with van der Waals surface area (Å²) in [4.78, 5) is 27.6. The Morgan fingerprint density at radius 1 is 0.970 bits per heavy atom. The van der Waals surface area contributed by atoms with Crippen LogP contribution in [0.2, 0.25) is 0 Å². The molecule has 0 radical (unpaired) electrons. The predicted octanol–water partition coefficient (Wildman–Crippen LogP) is 5.53. The van der Waals surface area contributed by atoms with E-state index in [1.165, 1.54) is 25.3 Å². The van der Waals surface area contributed by atoms with Crippen LogP contribution < -0.4 is 14.2 Å². The Bertz CT molecular complexity index is 1220. The van der Waals surface area contributed by atoms with Crippen LogP contribution in [0.4, 0.5) is 5.69 Å². The Morgan fingerprint density at radius 3 is 2.39 bits per heavy atom. The van der Waals surface area contributed by atoms with E-state index in [2.05, 4.69) is 20.9 Å². The van der Waals surface area contributed by atoms with Gasteiger partial charge in [-0.1, -0.05) is 12.1 Å². The average Bonchev–Trinajstić information content (AvgIpc) is 2.83. The van der Waals surface area contributed by atoms with Crippen molar-refractivity contribution < 1.29 is 28.9 Å². The molecule has 0 saturated carbocycles. The Kier molecular flexibility index (Phi) is 7.99. The Labute approximate surface area is 199 Å². The summed E-state index contributed by atoms with van der Waals surface area (Å²) in [6.45, 7) is 0. The van der Waals surface area contributed by atoms with Crippen molar-refractivity contribution in [1.82, 2.24) is 0 Å². The number of carbonyl (C=O) groups is 2. The fourth-order valence-corrected chi connectivity index (χ4v) is 3.34. The van der Waals surface area contributed by atoms with E-state index in [-0.39, 0.29) is 11.3 Å². The van der Waals surface area contributed by atoms with Crippen molar-refractivity contribution in [2.75, 3.05) is 14.2 Å². The number of benzene rings is 3. The van der Waals surface area contributed by atoms with Gasteiger partial charge in [-0.05, 0) is 81.7 Å². The lowest BCUT2D eigenvalue weighted by Crippen LogP contribution is -2.06. The number of esters is 1. The number of hydrogen-bond acceptors (Lipinski definition) is 6. The fourth-order valence-electron chi connectivity index (χ4n) is 2.80. The largest absolute Gasteiger partial charge is 0.497 e. The van der Waals surface area contributed by atoms with Gasteiger partial charge < -0.3 is 19.3 Å². The number of rotatable bonds is 8. The van der Waals surface area contributed by atoms with Gasteiger partial charge in [0.2, 0.25) is 0 Å². The Hall–Kier alpha value is -3.91. The van der Waals surface area contributed by atoms with E-state index in [0.29, 0.717) is 27.2 Å². The van der Waals surface area contributed by atoms with Crippen LogP contribution in [-0.4, -0.2) is 37.5 Å². The van der Waals surface area contributed by atoms with Crippen molar-refractivity contribution in [3.63, 3.8) is 0 Å². The minimum absolute atomic E-state index is 0.185. The molecule has 7 nitrogen and oxygen atoms in total. The summed E-state index contributed by atoms with van der Waals surface area (Å²) in [6, 6.07) is 16.8. The molecule has 3 aromatic rings. The topological polar surface area (TPSA) is 94.4 Å². The second-order valence-electron chi connectivity index (χ2n) is 6.68. The number of halogens is 1. The molecule has 0 atom stereocenters. The summed E-state index contributed by atoms with van der Waals surface area (Å²) >= 11 is 3.41. The van der Waals surface area contributed by atoms with Gasteiger partial charge in [0.05, 0.1) is 29.9 Å². The first kappa shape index (κ1) is 23.7. The molecule has 0 amide bonds. The molecule has 1 N–H and O–H groups in total. The van der Waals surface area contributed by atoms with E-state index in [0.717, 1.165) is 5.56 Å². The van der Waals surface area contributed by atoms with Crippen molar-refractivity contribution >= 4 is 45.8 Å². The summed E-state index contributed by atoms with van der Waals surface area (Å²) in [5.74, 6) is -0.305. The van der Waals surface area contributed by atoms with Crippen LogP contribution in [0.5, 0.6) is 17.2 Å². The minimum atomic E-state index is -0.998. The molecule has 0 bridgehead atoms. The normalized spacial score (nSPS) is 11.0. The van der Waals surface area contributed by atoms with E-state index in [4.69, 9.17) is 19.3 Å². The molecule has 0 heterocycles. The standard InChI is InChI=1S/C25H20BrNO6/c1-31-20-5-3-4-16(12-20)6-11-23(28)33-24-21(26)13-17(14-22(24)32-2)15-27-19-9-7-18(8-10-19)25(29)30/h3-15H,1-2H3,(H,29,30)/b11-6+,27-15+. The number of aliphatic imine (C=N–C) groups is 1. The van der Waals surface area contributed by atoms with Crippen LogP contribution in [-0.2, 0) is 4.79 Å². The molecule has 0 aromatic heterocycles. The second-order valence-corrected chi connectivity index (χ2v) is 7.53. The number of carbonyl (C=O) groups excluding carboxylic acids is 1. The number of aromatic carboxylic acids is 1. The molecule has 0 aliphatic carbocycles. The minimum Gasteiger partial charge on any atom is -0.497 e. The number of hydrogen-bond donors (Lipinski definition) is 1. The number of methoxy groups -OCH3 is 2. The second kappa shape index (κ2) is 11.1. The molecule has 0 fully saturated rings. The SMILES string of the molecule is COc1cccc(/C=C/C(=O)Oc2c(Br)cc(/C=N/c3ccc(C(=O)O)cc3)cc2OC)c1. The summed E-state index contributed by atoms with van der Waals surface area (Å²) < 4.78 is 16.5. The van der Waals surface area contributed by atoms with E-state index in [1.807, 2.05) is 18.2 Å². The molecule has 0 saturated heterocycles. The highest BCUT2D eigenvalue weighted by Gasteiger charge is 2.14. The predicted molar refractivity (Wildman–Crippen MR) is 129 cm³/mol. The van der Waals surface area contributed by atoms with Gasteiger partial charge in [0, 0.05) is 12.3 Å². The van der Waals surface area contributed by atoms with Gasteiger partial charge in [0.25, 0.3) is 0 Å². The molecule has 0 aliphatic rings. The van der Waals surface area contributed by atoms with Gasteiger partial charge in [-0.2, -0.15) is 0 Å². The number of carboxylic acid groups (broad SMARTS) is 1. The van der Waals surface area contributed by atoms with Gasteiger partial charge in [0.1, 0.15) is 5.75 Å². The maximum atomic E-state index is 12.3. The van der Waals surface area contributed by atoms with Crippen LogP contribution in [0.25, 0.3) is 6.08 Å². The van der Waals surface area contributed by atoms with Crippen LogP contribution in [0.3, 0.4) is 0 Å². The molecule has 0 spiro atoms. The van der Waals surface area contributed by atoms with Crippen molar-refractivity contribution in [3.8, 4) is 17.2 Å². The third-order valence-electron chi connectivity index (χ3n) is 4.44. The zero-order chi connectivity index (χ0) is 23.8. The summed E-state index contributed by atoms with van der Waals surface area (Å²) in [7, 11) is 3.04. The summed E-state index contributed by atoms with van der Waals surface area (Å²) in [6.07, 6.45) is 4.54. The molecule has 0 unspecified atom stereocenters. The molecule has 3 aromatic carbocycles. The molecule has 8 heteroatoms. The summed E-state index contributed by atoms with van der Waals surface area (Å²) in [5.41, 5.74) is 2.26. The summed E-state index contributed by atoms with van der Waals surface area (Å²) in [5, 5.41) is 8.97. The maximum Gasteiger partial charge on any atom is 0.336 e. The zero-order valence-electron chi connectivity index (χ0n) is 17.8. The highest BCUT2D eigenvalue weighted by atomic mass is 79.9. The van der Waals surface area contributed by atoms with E-state index in [9.17, 15) is 9.59 Å². The first-order valence-corrected chi connectivity index (χ1v) is 10.5. The first-order chi connectivity index (χ1) is 15.9. The number of ether oxygens (including phenoxy) is 3. The third kappa shape index (κ3) is 6.54. The number of nitrogens with zero attached hydrogens (tertiary/aromatic N) is 1. The van der Waals surface area contributed by atoms with E-state index >= 15 is 0 Å². The smallest absolute Gasteiger partial charge is 0.336 e. The van der Waals surface area contributed by atoms with Gasteiger partial charge >= 0.3 is 11.9 Å². The average molecular weight is 510 g/mol. The molecule has 3 rings (SSSR count). The van der Waals surface area contributed by atoms with Gasteiger partial charge in [-0.15, -0.1) is 0 Å². The third-order valence-corrected chi connectivity index (χ3v) is 5.03. The van der Waals surface area contributed by atoms with Crippen LogP contribution in [0.15, 0.2) is 76.2 Å². The molecule has 33 heavy (non-hydrogen) atoms. The van der Waals surface area contributed by atoms with Crippen molar-refractivity contribution in [2.24, 2.45) is 4.99 Å². The van der Waals surface area contributed by atoms with Gasteiger partial charge in [-0.3, -0.25) is 4.99 Å². The van der Waals surface area contributed by atoms with Crippen molar-refractivity contribution in [2.45, 2.75) is 0 Å². The lowest BCUT2D eigenvalue weighted by molar-refractivity contribution is -0.129. The van der Waals surface area contributed by atoms with E-state index in [1.54, 1.807) is 49.7 Å². The Morgan fingerprint density at radius 2 is 1.73 bits per heavy atom. The van der Waals surface area contributed by atoms with Crippen molar-refractivity contribution in [3.05, 3.63) is 87.9 Å².